The number of nitrogens with zero attached hydrogens (tertiary/aromatic N) is 4. The second kappa shape index (κ2) is 89.0. The molecule has 4 aromatic rings. The van der Waals surface area contributed by atoms with Crippen LogP contribution in [0.5, 0.6) is 0 Å². The molecular weight excluding hydrogens is 1250 g/mol. The van der Waals surface area contributed by atoms with Crippen LogP contribution >= 0.6 is 0 Å². The van der Waals surface area contributed by atoms with Gasteiger partial charge in [0.25, 0.3) is 0 Å². The molecule has 0 aliphatic carbocycles. The molecule has 0 radical (unpaired) electrons. The first kappa shape index (κ1) is 108. The van der Waals surface area contributed by atoms with Gasteiger partial charge in [-0.25, -0.2) is 18.7 Å². The van der Waals surface area contributed by atoms with Gasteiger partial charge in [-0.3, -0.25) is 9.50 Å². The Morgan fingerprint density at radius 3 is 1.11 bits per heavy atom. The summed E-state index contributed by atoms with van der Waals surface area (Å²) >= 11 is 0. The Balaban J connectivity index is -0.0000000763. The number of hydrogen-bond acceptors (Lipinski definition) is 11. The Bertz CT molecular complexity index is 2050. The molecule has 0 aliphatic heterocycles. The molecule has 2 heterocycles. The third-order valence-electron chi connectivity index (χ3n) is 7.52. The Morgan fingerprint density at radius 1 is 0.524 bits per heavy atom. The van der Waals surface area contributed by atoms with E-state index in [1.807, 2.05) is 34.6 Å². The first-order valence-corrected chi connectivity index (χ1v) is 20.4. The molecule has 0 spiro atoms. The largest absolute Gasteiger partial charge is 0.466 e. The highest BCUT2D eigenvalue weighted by Crippen LogP contribution is 2.23. The van der Waals surface area contributed by atoms with Crippen molar-refractivity contribution >= 4 is 40.9 Å². The summed E-state index contributed by atoms with van der Waals surface area (Å²) in [5, 5.41) is 21.6. The standard InChI is InChI=1S/C22H27FN4O2.C20H25FN4O.14F2.FH/c1-5-12-24-20-16(10-11-22(3,4)14-19(28)29-6-2)15-25-21(27-20)26-18-9-7-8-17(23)13-18;1-4-11-22-18-15(8-9-20(2,3)10-12-26)14-23-19(25-18)24-17-7-5-6-16(21)13-17;14*1-2;/h7-9,13,15H,5-6,12,14H2,1-4H3,(H2,24,25,26,27);5-7,13-14,26H,4,10-12H2,1-3H3,(H2,22,23,24,25);;;;;;;;;;;;;;;1H. The van der Waals surface area contributed by atoms with Gasteiger partial charge in [0.1, 0.15) is 23.3 Å². The average Bonchev–Trinajstić information content (AvgIpc) is 3.54. The topological polar surface area (TPSA) is 146 Å². The van der Waals surface area contributed by atoms with Crippen LogP contribution in [0.3, 0.4) is 0 Å². The van der Waals surface area contributed by atoms with Gasteiger partial charge in [-0.1, -0.05) is 49.7 Å². The summed E-state index contributed by atoms with van der Waals surface area (Å²) < 4.78 is 256. The minimum Gasteiger partial charge on any atom is -0.466 e. The number of rotatable bonds is 15. The van der Waals surface area contributed by atoms with Crippen molar-refractivity contribution in [2.75, 3.05) is 47.6 Å². The fourth-order valence-electron chi connectivity index (χ4n) is 4.65. The highest BCUT2D eigenvalue weighted by molar-refractivity contribution is 5.71. The van der Waals surface area contributed by atoms with Crippen molar-refractivity contribution in [3.05, 3.63) is 83.7 Å². The third kappa shape index (κ3) is 65.0. The van der Waals surface area contributed by atoms with Crippen LogP contribution in [0.25, 0.3) is 0 Å². The van der Waals surface area contributed by atoms with Gasteiger partial charge < -0.3 is 31.1 Å². The van der Waals surface area contributed by atoms with Crippen molar-refractivity contribution in [1.29, 1.82) is 0 Å². The summed E-state index contributed by atoms with van der Waals surface area (Å²) in [6, 6.07) is 12.2. The van der Waals surface area contributed by atoms with Gasteiger partial charge >= 0.3 is 5.97 Å². The van der Waals surface area contributed by atoms with E-state index < -0.39 is 5.41 Å². The van der Waals surface area contributed by atoms with Gasteiger partial charge in [0.15, 0.2) is 0 Å². The lowest BCUT2D eigenvalue weighted by Crippen LogP contribution is -2.17. The van der Waals surface area contributed by atoms with E-state index in [9.17, 15) is 13.6 Å². The molecule has 0 aliphatic rings. The maximum absolute atomic E-state index is 13.4. The van der Waals surface area contributed by atoms with Crippen molar-refractivity contribution in [2.24, 2.45) is 10.8 Å². The zero-order valence-corrected chi connectivity index (χ0v) is 43.7. The lowest BCUT2D eigenvalue weighted by atomic mass is 9.90. The van der Waals surface area contributed by atoms with Crippen LogP contribution in [0.2, 0.25) is 0 Å². The van der Waals surface area contributed by atoms with Crippen LogP contribution in [0.4, 0.5) is 176 Å². The summed E-state index contributed by atoms with van der Waals surface area (Å²) in [4.78, 5) is 29.3. The lowest BCUT2D eigenvalue weighted by Gasteiger charge is -2.16. The predicted octanol–water partition coefficient (Wildman–Crippen LogP) is 20.4. The van der Waals surface area contributed by atoms with Gasteiger partial charge in [0.2, 0.25) is 11.9 Å². The maximum atomic E-state index is 13.4. The molecule has 5 N–H and O–H groups in total. The molecule has 496 valence electrons. The second-order valence-electron chi connectivity index (χ2n) is 13.8. The Labute approximate surface area is 457 Å². The summed E-state index contributed by atoms with van der Waals surface area (Å²) in [7, 11) is 0. The number of halogens is 31. The average molecular weight is 1310 g/mol. The van der Waals surface area contributed by atoms with Crippen LogP contribution in [0.1, 0.15) is 85.3 Å². The normalized spacial score (nSPS) is 8.02. The minimum absolute atomic E-state index is 0. The molecular formula is C42H53F31N8O3. The van der Waals surface area contributed by atoms with E-state index in [0.717, 1.165) is 25.9 Å². The number of hydrogen-bond donors (Lipinski definition) is 5. The molecule has 0 fully saturated rings. The molecule has 0 atom stereocenters. The molecule has 0 saturated carbocycles. The molecule has 0 unspecified atom stereocenters. The van der Waals surface area contributed by atoms with E-state index in [2.05, 4.69) is 71.8 Å². The van der Waals surface area contributed by atoms with Crippen molar-refractivity contribution < 1.29 is 156 Å². The maximum Gasteiger partial charge on any atom is 0.307 e. The quantitative estimate of drug-likeness (QED) is 0.0440. The van der Waals surface area contributed by atoms with Crippen LogP contribution in [0.15, 0.2) is 60.9 Å². The summed E-state index contributed by atoms with van der Waals surface area (Å²) in [5.74, 6) is 13.5. The predicted molar refractivity (Wildman–Crippen MR) is 249 cm³/mol. The van der Waals surface area contributed by atoms with Gasteiger partial charge in [-0.05, 0) is 90.3 Å². The van der Waals surface area contributed by atoms with Crippen molar-refractivity contribution in [2.45, 2.75) is 74.1 Å². The molecule has 2 aromatic heterocycles. The van der Waals surface area contributed by atoms with Gasteiger partial charge in [0.05, 0.1) is 36.5 Å². The van der Waals surface area contributed by atoms with E-state index in [4.69, 9.17) is 138 Å². The van der Waals surface area contributed by atoms with Crippen molar-refractivity contribution in [1.82, 2.24) is 19.9 Å². The molecule has 84 heavy (non-hydrogen) atoms. The minimum atomic E-state index is -0.549. The summed E-state index contributed by atoms with van der Waals surface area (Å²) in [6.45, 7) is 15.5. The van der Waals surface area contributed by atoms with E-state index in [1.165, 1.54) is 24.3 Å². The molecule has 0 saturated heterocycles. The van der Waals surface area contributed by atoms with E-state index >= 15 is 0 Å². The van der Waals surface area contributed by atoms with E-state index in [-0.39, 0.29) is 40.8 Å². The van der Waals surface area contributed by atoms with E-state index in [1.54, 1.807) is 43.6 Å². The highest BCUT2D eigenvalue weighted by atomic mass is 20.0. The first-order chi connectivity index (χ1) is 40.3. The number of esters is 1. The zero-order valence-electron chi connectivity index (χ0n) is 43.7. The number of benzene rings is 2. The fourth-order valence-corrected chi connectivity index (χ4v) is 4.65. The SMILES string of the molecule is CCCNc1nc(Nc2cccc(F)c2)ncc1C#CC(C)(C)CC(=O)OCC.CCCNc1nc(Nc2cccc(F)c2)ncc1C#CC(C)(C)CCO.F.FF.FF.FF.FF.FF.FF.FF.FF.FF.FF.FF.FF.FF.FF. The van der Waals surface area contributed by atoms with E-state index in [0.29, 0.717) is 59.1 Å². The summed E-state index contributed by atoms with van der Waals surface area (Å²) in [5.41, 5.74) is 1.60. The van der Waals surface area contributed by atoms with Gasteiger partial charge in [-0.15, -0.1) is 0 Å². The number of carbonyl (C=O) groups is 1. The van der Waals surface area contributed by atoms with Crippen LogP contribution < -0.4 is 21.3 Å². The number of carbonyl (C=O) groups excluding carboxylic acids is 1. The van der Waals surface area contributed by atoms with Crippen LogP contribution in [-0.2, 0) is 9.53 Å². The molecule has 11 nitrogen and oxygen atoms in total. The number of anilines is 6. The van der Waals surface area contributed by atoms with Crippen molar-refractivity contribution in [3.8, 4) is 23.7 Å². The molecule has 42 heteroatoms. The number of aliphatic hydroxyl groups is 1. The molecule has 2 aromatic carbocycles. The van der Waals surface area contributed by atoms with Crippen LogP contribution in [-0.4, -0.2) is 57.3 Å². The second-order valence-corrected chi connectivity index (χ2v) is 13.8. The Hall–Kier alpha value is -7.82. The lowest BCUT2D eigenvalue weighted by molar-refractivity contribution is -0.144. The molecule has 4 rings (SSSR count). The Morgan fingerprint density at radius 2 is 0.833 bits per heavy atom. The van der Waals surface area contributed by atoms with Gasteiger partial charge in [-0.2, -0.15) is 9.97 Å². The number of nitrogens with one attached hydrogen (secondary N) is 4. The van der Waals surface area contributed by atoms with Crippen LogP contribution in [0, 0.1) is 46.1 Å². The number of aromatic nitrogens is 4. The number of ether oxygens (including phenoxy) is 1. The first-order valence-electron chi connectivity index (χ1n) is 20.4. The van der Waals surface area contributed by atoms with Gasteiger partial charge in [0, 0.05) is 170 Å². The molecule has 0 bridgehead atoms. The van der Waals surface area contributed by atoms with Crippen molar-refractivity contribution in [3.63, 3.8) is 0 Å². The Kier molecular flexibility index (Phi) is 114. The zero-order chi connectivity index (χ0) is 68.3. The fraction of sp³-hybridized carbons (Fsp3) is 0.405. The third-order valence-corrected chi connectivity index (χ3v) is 7.52. The molecule has 0 amide bonds. The summed E-state index contributed by atoms with van der Waals surface area (Å²) in [6.07, 6.45) is 5.91. The number of aliphatic hydroxyl groups excluding tert-OH is 1. The monoisotopic (exact) mass is 1310 g/mol. The highest BCUT2D eigenvalue weighted by Gasteiger charge is 2.21. The smallest absolute Gasteiger partial charge is 0.307 e.